The van der Waals surface area contributed by atoms with Crippen molar-refractivity contribution < 1.29 is 28.6 Å². The summed E-state index contributed by atoms with van der Waals surface area (Å²) in [5.74, 6) is -2.18. The number of pyridine rings is 1. The Morgan fingerprint density at radius 3 is 2.24 bits per heavy atom. The fourth-order valence-electron chi connectivity index (χ4n) is 3.13. The van der Waals surface area contributed by atoms with Crippen molar-refractivity contribution in [3.05, 3.63) is 53.3 Å². The lowest BCUT2D eigenvalue weighted by Gasteiger charge is -2.24. The summed E-state index contributed by atoms with van der Waals surface area (Å²) in [6.45, 7) is 10.7. The molecule has 1 amide bonds. The number of nitrogens with zero attached hydrogens (tertiary/aromatic N) is 1. The van der Waals surface area contributed by atoms with E-state index in [9.17, 15) is 14.4 Å². The van der Waals surface area contributed by atoms with E-state index in [1.807, 2.05) is 45.0 Å². The van der Waals surface area contributed by atoms with E-state index in [0.29, 0.717) is 0 Å². The molecule has 1 heterocycles. The molecule has 2 rings (SSSR count). The lowest BCUT2D eigenvalue weighted by Crippen LogP contribution is -2.41. The van der Waals surface area contributed by atoms with Crippen LogP contribution in [0.5, 0.6) is 11.5 Å². The van der Waals surface area contributed by atoms with Crippen LogP contribution >= 0.6 is 0 Å². The van der Waals surface area contributed by atoms with Crippen LogP contribution in [0.25, 0.3) is 0 Å². The predicted molar refractivity (Wildman–Crippen MR) is 123 cm³/mol. The van der Waals surface area contributed by atoms with Crippen molar-refractivity contribution >= 4 is 17.8 Å². The third kappa shape index (κ3) is 6.54. The van der Waals surface area contributed by atoms with E-state index < -0.39 is 35.9 Å². The Morgan fingerprint density at radius 1 is 0.970 bits per heavy atom. The van der Waals surface area contributed by atoms with Crippen molar-refractivity contribution in [2.75, 3.05) is 7.11 Å². The first-order chi connectivity index (χ1) is 15.6. The molecule has 8 heteroatoms. The summed E-state index contributed by atoms with van der Waals surface area (Å²) in [4.78, 5) is 41.6. The largest absolute Gasteiger partial charge is 0.493 e. The molecule has 0 aliphatic heterocycles. The number of esters is 2. The van der Waals surface area contributed by atoms with Gasteiger partial charge in [0, 0.05) is 18.2 Å². The minimum Gasteiger partial charge on any atom is -0.493 e. The predicted octanol–water partition coefficient (Wildman–Crippen LogP) is 3.81. The van der Waals surface area contributed by atoms with Crippen molar-refractivity contribution in [3.63, 3.8) is 0 Å². The third-order valence-corrected chi connectivity index (χ3v) is 5.36. The molecular formula is C25H32N2O6. The molecule has 3 atom stereocenters. The van der Waals surface area contributed by atoms with Crippen LogP contribution in [0, 0.1) is 12.8 Å². The van der Waals surface area contributed by atoms with E-state index in [1.54, 1.807) is 13.8 Å². The number of ether oxygens (including phenoxy) is 3. The average Bonchev–Trinajstić information content (AvgIpc) is 2.78. The van der Waals surface area contributed by atoms with Gasteiger partial charge in [-0.05, 0) is 31.9 Å². The van der Waals surface area contributed by atoms with E-state index in [4.69, 9.17) is 14.2 Å². The summed E-state index contributed by atoms with van der Waals surface area (Å²) in [7, 11) is 1.39. The number of rotatable bonds is 9. The van der Waals surface area contributed by atoms with Crippen molar-refractivity contribution in [2.45, 2.75) is 59.6 Å². The molecular weight excluding hydrogens is 424 g/mol. The number of hydrogen-bond acceptors (Lipinski definition) is 7. The lowest BCUT2D eigenvalue weighted by atomic mass is 9.92. The molecule has 0 spiro atoms. The molecule has 1 aromatic carbocycles. The highest BCUT2D eigenvalue weighted by Crippen LogP contribution is 2.30. The maximum Gasteiger partial charge on any atom is 0.328 e. The maximum absolute atomic E-state index is 12.9. The molecule has 0 saturated carbocycles. The highest BCUT2D eigenvalue weighted by Gasteiger charge is 2.27. The second kappa shape index (κ2) is 11.4. The maximum atomic E-state index is 12.9. The molecule has 33 heavy (non-hydrogen) atoms. The Bertz CT molecular complexity index is 1000. The van der Waals surface area contributed by atoms with Crippen LogP contribution < -0.4 is 14.8 Å². The van der Waals surface area contributed by atoms with Crippen molar-refractivity contribution in [1.29, 1.82) is 0 Å². The normalized spacial score (nSPS) is 13.6. The summed E-state index contributed by atoms with van der Waals surface area (Å²) in [6.07, 6.45) is 0.950. The van der Waals surface area contributed by atoms with Crippen molar-refractivity contribution in [1.82, 2.24) is 10.3 Å². The van der Waals surface area contributed by atoms with Crippen LogP contribution in [0.1, 0.15) is 62.2 Å². The smallest absolute Gasteiger partial charge is 0.328 e. The molecule has 8 nitrogen and oxygen atoms in total. The van der Waals surface area contributed by atoms with Crippen molar-refractivity contribution in [3.8, 4) is 11.5 Å². The van der Waals surface area contributed by atoms with Gasteiger partial charge in [-0.25, -0.2) is 9.78 Å². The second-order valence-electron chi connectivity index (χ2n) is 8.25. The average molecular weight is 457 g/mol. The van der Waals surface area contributed by atoms with E-state index in [1.165, 1.54) is 26.3 Å². The number of benzene rings is 1. The zero-order chi connectivity index (χ0) is 24.7. The van der Waals surface area contributed by atoms with Crippen LogP contribution in [0.2, 0.25) is 0 Å². The van der Waals surface area contributed by atoms with E-state index in [-0.39, 0.29) is 23.1 Å². The van der Waals surface area contributed by atoms with Gasteiger partial charge in [0.1, 0.15) is 12.1 Å². The highest BCUT2D eigenvalue weighted by molar-refractivity contribution is 5.98. The van der Waals surface area contributed by atoms with E-state index in [0.717, 1.165) is 11.1 Å². The van der Waals surface area contributed by atoms with Gasteiger partial charge in [-0.1, -0.05) is 45.0 Å². The van der Waals surface area contributed by atoms with Gasteiger partial charge in [0.15, 0.2) is 11.4 Å². The number of aromatic nitrogens is 1. The molecule has 0 aliphatic rings. The first kappa shape index (κ1) is 25.8. The van der Waals surface area contributed by atoms with Crippen molar-refractivity contribution in [2.24, 2.45) is 5.92 Å². The molecule has 0 unspecified atom stereocenters. The minimum absolute atomic E-state index is 0.0276. The molecule has 0 radical (unpaired) electrons. The van der Waals surface area contributed by atoms with Gasteiger partial charge < -0.3 is 19.5 Å². The number of methoxy groups -OCH3 is 1. The number of aryl methyl sites for hydroxylation is 1. The Balaban J connectivity index is 2.11. The molecule has 0 saturated heterocycles. The minimum atomic E-state index is -0.953. The monoisotopic (exact) mass is 456 g/mol. The van der Waals surface area contributed by atoms with Crippen LogP contribution in [0.15, 0.2) is 36.5 Å². The SMILES string of the molecule is COc1ccnc(C(=O)N[C@@H](C)C(=O)O[C@@H](C)[C@@H](C)c2ccccc2C)c1OC(=O)C(C)C. The molecule has 0 fully saturated rings. The zero-order valence-electron chi connectivity index (χ0n) is 20.2. The molecule has 178 valence electrons. The fourth-order valence-corrected chi connectivity index (χ4v) is 3.13. The summed E-state index contributed by atoms with van der Waals surface area (Å²) in [5, 5.41) is 2.56. The zero-order valence-corrected chi connectivity index (χ0v) is 20.2. The van der Waals surface area contributed by atoms with Gasteiger partial charge in [0.05, 0.1) is 13.0 Å². The van der Waals surface area contributed by atoms with Gasteiger partial charge in [0.2, 0.25) is 5.75 Å². The number of amides is 1. The van der Waals surface area contributed by atoms with E-state index >= 15 is 0 Å². The number of carbonyl (C=O) groups excluding carboxylic acids is 3. The summed E-state index contributed by atoms with van der Waals surface area (Å²) in [6, 6.07) is 8.44. The topological polar surface area (TPSA) is 104 Å². The van der Waals surface area contributed by atoms with Crippen LogP contribution in [-0.2, 0) is 14.3 Å². The van der Waals surface area contributed by atoms with E-state index in [2.05, 4.69) is 10.3 Å². The second-order valence-corrected chi connectivity index (χ2v) is 8.25. The lowest BCUT2D eigenvalue weighted by molar-refractivity contribution is -0.151. The van der Waals surface area contributed by atoms with Crippen LogP contribution in [-0.4, -0.2) is 42.1 Å². The quantitative estimate of drug-likeness (QED) is 0.572. The van der Waals surface area contributed by atoms with Gasteiger partial charge >= 0.3 is 11.9 Å². The molecule has 0 aliphatic carbocycles. The van der Waals surface area contributed by atoms with Crippen LogP contribution in [0.4, 0.5) is 0 Å². The summed E-state index contributed by atoms with van der Waals surface area (Å²) in [5.41, 5.74) is 2.04. The standard InChI is InChI=1S/C25H32N2O6/c1-14(2)24(29)33-22-20(31-7)12-13-26-21(22)23(28)27-17(5)25(30)32-18(6)16(4)19-11-9-8-10-15(19)3/h8-14,16-18H,1-7H3,(H,27,28)/t16-,17+,18+/m1/s1. The summed E-state index contributed by atoms with van der Waals surface area (Å²) < 4.78 is 16.2. The first-order valence-electron chi connectivity index (χ1n) is 10.9. The summed E-state index contributed by atoms with van der Waals surface area (Å²) >= 11 is 0. The molecule has 1 aromatic heterocycles. The van der Waals surface area contributed by atoms with Gasteiger partial charge in [-0.15, -0.1) is 0 Å². The Kier molecular flexibility index (Phi) is 8.96. The van der Waals surface area contributed by atoms with Gasteiger partial charge in [-0.3, -0.25) is 9.59 Å². The van der Waals surface area contributed by atoms with Gasteiger partial charge in [-0.2, -0.15) is 0 Å². The number of nitrogens with one attached hydrogen (secondary N) is 1. The highest BCUT2D eigenvalue weighted by atomic mass is 16.6. The molecule has 2 aromatic rings. The first-order valence-corrected chi connectivity index (χ1v) is 10.9. The third-order valence-electron chi connectivity index (χ3n) is 5.36. The molecule has 0 bridgehead atoms. The Labute approximate surface area is 194 Å². The Morgan fingerprint density at radius 2 is 1.64 bits per heavy atom. The number of hydrogen-bond donors (Lipinski definition) is 1. The van der Waals surface area contributed by atoms with Crippen LogP contribution in [0.3, 0.4) is 0 Å². The number of carbonyl (C=O) groups is 3. The molecule has 1 N–H and O–H groups in total. The fraction of sp³-hybridized carbons (Fsp3) is 0.440. The Hall–Kier alpha value is -3.42. The van der Waals surface area contributed by atoms with Gasteiger partial charge in [0.25, 0.3) is 5.91 Å².